The molecule has 23 heavy (non-hydrogen) atoms. The average molecular weight is 460 g/mol. The van der Waals surface area contributed by atoms with Crippen molar-refractivity contribution < 1.29 is 9.53 Å². The van der Waals surface area contributed by atoms with Crippen molar-refractivity contribution in [1.29, 1.82) is 0 Å². The summed E-state index contributed by atoms with van der Waals surface area (Å²) in [5.41, 5.74) is -0.954. The number of hydrogen-bond acceptors (Lipinski definition) is 4. The molecule has 0 rings (SSSR count). The van der Waals surface area contributed by atoms with Crippen LogP contribution in [0, 0.1) is 0 Å². The number of carbonyl (C=O) groups excluding carboxylic acids is 1. The van der Waals surface area contributed by atoms with Gasteiger partial charge in [-0.05, 0) is 40.9 Å². The molecule has 0 saturated heterocycles. The lowest BCUT2D eigenvalue weighted by atomic mass is 10.1. The van der Waals surface area contributed by atoms with Gasteiger partial charge in [0, 0.05) is 25.4 Å². The topological polar surface area (TPSA) is 74.8 Å². The molecule has 6 nitrogen and oxygen atoms in total. The molecule has 0 aliphatic rings. The maximum Gasteiger partial charge on any atom is 0.408 e. The van der Waals surface area contributed by atoms with Crippen LogP contribution in [0.4, 0.5) is 4.79 Å². The van der Waals surface area contributed by atoms with Gasteiger partial charge in [-0.25, -0.2) is 4.79 Å². The van der Waals surface area contributed by atoms with E-state index < -0.39 is 17.2 Å². The van der Waals surface area contributed by atoms with Crippen LogP contribution in [0.5, 0.6) is 0 Å². The molecule has 8 heteroatoms. The van der Waals surface area contributed by atoms with Crippen LogP contribution in [-0.2, 0) is 4.74 Å². The Balaban J connectivity index is 0. The van der Waals surface area contributed by atoms with E-state index in [1.807, 2.05) is 34.6 Å². The number of halogens is 1. The molecule has 1 unspecified atom stereocenters. The van der Waals surface area contributed by atoms with Crippen molar-refractivity contribution in [2.24, 2.45) is 4.99 Å². The quantitative estimate of drug-likeness (QED) is 0.323. The van der Waals surface area contributed by atoms with Gasteiger partial charge in [-0.3, -0.25) is 4.99 Å². The predicted molar refractivity (Wildman–Crippen MR) is 111 cm³/mol. The van der Waals surface area contributed by atoms with Gasteiger partial charge >= 0.3 is 6.09 Å². The molecule has 0 radical (unpaired) electrons. The van der Waals surface area contributed by atoms with Crippen LogP contribution in [0.3, 0.4) is 0 Å². The zero-order valence-electron chi connectivity index (χ0n) is 15.6. The summed E-state index contributed by atoms with van der Waals surface area (Å²) in [5, 5.41) is 9.84. The van der Waals surface area contributed by atoms with Crippen LogP contribution in [0.15, 0.2) is 4.99 Å². The molecule has 0 aromatic carbocycles. The van der Waals surface area contributed by atoms with E-state index in [0.717, 1.165) is 12.5 Å². The second kappa shape index (κ2) is 11.2. The summed E-state index contributed by atoms with van der Waals surface area (Å²) >= 11 is 1.80. The van der Waals surface area contributed by atoms with Crippen LogP contribution in [0.1, 0.15) is 41.5 Å². The first-order valence-corrected chi connectivity index (χ1v) is 8.76. The fraction of sp³-hybridized carbons (Fsp3) is 0.867. The van der Waals surface area contributed by atoms with E-state index in [1.165, 1.54) is 0 Å². The summed E-state index contributed by atoms with van der Waals surface area (Å²) in [6.07, 6.45) is 1.66. The highest BCUT2D eigenvalue weighted by Gasteiger charge is 2.24. The molecule has 1 amide bonds. The summed E-state index contributed by atoms with van der Waals surface area (Å²) in [6, 6.07) is 0. The zero-order chi connectivity index (χ0) is 17.4. The largest absolute Gasteiger partial charge is 0.444 e. The van der Waals surface area contributed by atoms with Crippen molar-refractivity contribution >= 4 is 47.8 Å². The van der Waals surface area contributed by atoms with Gasteiger partial charge in [-0.2, -0.15) is 11.8 Å². The number of nitrogens with zero attached hydrogens (tertiary/aromatic N) is 1. The van der Waals surface area contributed by atoms with E-state index in [0.29, 0.717) is 11.8 Å². The van der Waals surface area contributed by atoms with Gasteiger partial charge in [-0.1, -0.05) is 6.92 Å². The normalized spacial score (nSPS) is 13.7. The number of nitrogens with one attached hydrogen (secondary N) is 3. The molecule has 1 atom stereocenters. The number of rotatable bonds is 6. The van der Waals surface area contributed by atoms with Gasteiger partial charge in [0.1, 0.15) is 5.60 Å². The van der Waals surface area contributed by atoms with Crippen LogP contribution in [0.25, 0.3) is 0 Å². The highest BCUT2D eigenvalue weighted by molar-refractivity contribution is 14.0. The summed E-state index contributed by atoms with van der Waals surface area (Å²) < 4.78 is 5.27. The Morgan fingerprint density at radius 3 is 2.22 bits per heavy atom. The lowest BCUT2D eigenvalue weighted by Crippen LogP contribution is -2.54. The molecule has 3 N–H and O–H groups in total. The van der Waals surface area contributed by atoms with Crippen molar-refractivity contribution in [2.45, 2.75) is 57.9 Å². The third-order valence-electron chi connectivity index (χ3n) is 2.72. The minimum absolute atomic E-state index is 0. The average Bonchev–Trinajstić information content (AvgIpc) is 2.35. The van der Waals surface area contributed by atoms with E-state index in [4.69, 9.17) is 4.74 Å². The highest BCUT2D eigenvalue weighted by Crippen LogP contribution is 2.09. The number of carbonyl (C=O) groups is 1. The standard InChI is InChI=1S/C15H32N4O2S.HI/c1-11(22-8)9-17-12(16-7)18-10-15(5,6)19-13(20)21-14(2,3)4;/h11H,9-10H2,1-8H3,(H,19,20)(H2,16,17,18);1H. The minimum Gasteiger partial charge on any atom is -0.444 e. The fourth-order valence-electron chi connectivity index (χ4n) is 1.47. The Morgan fingerprint density at radius 2 is 1.78 bits per heavy atom. The first-order chi connectivity index (χ1) is 9.99. The van der Waals surface area contributed by atoms with E-state index >= 15 is 0 Å². The first kappa shape index (κ1) is 24.9. The molecule has 0 aromatic heterocycles. The molecule has 0 aliphatic carbocycles. The minimum atomic E-state index is -0.501. The van der Waals surface area contributed by atoms with E-state index in [2.05, 4.69) is 34.1 Å². The second-order valence-electron chi connectivity index (χ2n) is 6.86. The number of thioether (sulfide) groups is 1. The van der Waals surface area contributed by atoms with Crippen molar-refractivity contribution in [3.05, 3.63) is 0 Å². The van der Waals surface area contributed by atoms with Crippen LogP contribution in [-0.4, -0.2) is 54.8 Å². The number of hydrogen-bond donors (Lipinski definition) is 3. The summed E-state index contributed by atoms with van der Waals surface area (Å²) in [7, 11) is 1.73. The number of guanidine groups is 1. The number of alkyl carbamates (subject to hydrolysis) is 1. The summed E-state index contributed by atoms with van der Waals surface area (Å²) in [4.78, 5) is 16.0. The molecule has 0 fully saturated rings. The lowest BCUT2D eigenvalue weighted by Gasteiger charge is -2.29. The molecular formula is C15H33IN4O2S. The lowest BCUT2D eigenvalue weighted by molar-refractivity contribution is 0.0474. The highest BCUT2D eigenvalue weighted by atomic mass is 127. The molecule has 0 heterocycles. The van der Waals surface area contributed by atoms with Crippen molar-refractivity contribution in [2.75, 3.05) is 26.4 Å². The van der Waals surface area contributed by atoms with Crippen LogP contribution in [0.2, 0.25) is 0 Å². The van der Waals surface area contributed by atoms with E-state index in [9.17, 15) is 4.79 Å². The van der Waals surface area contributed by atoms with Crippen LogP contribution < -0.4 is 16.0 Å². The fourth-order valence-corrected chi connectivity index (χ4v) is 1.72. The van der Waals surface area contributed by atoms with Crippen molar-refractivity contribution in [1.82, 2.24) is 16.0 Å². The third kappa shape index (κ3) is 13.7. The van der Waals surface area contributed by atoms with Crippen LogP contribution >= 0.6 is 35.7 Å². The Kier molecular flexibility index (Phi) is 12.1. The molecular weight excluding hydrogens is 427 g/mol. The number of amides is 1. The van der Waals surface area contributed by atoms with E-state index in [1.54, 1.807) is 18.8 Å². The first-order valence-electron chi connectivity index (χ1n) is 7.47. The second-order valence-corrected chi connectivity index (χ2v) is 8.14. The smallest absolute Gasteiger partial charge is 0.408 e. The molecule has 138 valence electrons. The van der Waals surface area contributed by atoms with Gasteiger partial charge in [0.25, 0.3) is 0 Å². The number of aliphatic imine (C=N–C) groups is 1. The van der Waals surface area contributed by atoms with Gasteiger partial charge in [0.05, 0.1) is 5.54 Å². The van der Waals surface area contributed by atoms with Gasteiger partial charge < -0.3 is 20.7 Å². The predicted octanol–water partition coefficient (Wildman–Crippen LogP) is 2.82. The molecule has 0 aromatic rings. The monoisotopic (exact) mass is 460 g/mol. The molecule has 0 aliphatic heterocycles. The van der Waals surface area contributed by atoms with E-state index in [-0.39, 0.29) is 24.0 Å². The van der Waals surface area contributed by atoms with Gasteiger partial charge in [0.2, 0.25) is 0 Å². The Hall–Kier alpha value is -0.380. The summed E-state index contributed by atoms with van der Waals surface area (Å²) in [5.74, 6) is 0.722. The molecule has 0 bridgehead atoms. The Labute approximate surface area is 162 Å². The maximum absolute atomic E-state index is 11.8. The SMILES string of the molecule is CN=C(NCC(C)SC)NCC(C)(C)NC(=O)OC(C)(C)C.I. The van der Waals surface area contributed by atoms with Crippen molar-refractivity contribution in [3.63, 3.8) is 0 Å². The zero-order valence-corrected chi connectivity index (χ0v) is 18.7. The molecule has 0 saturated carbocycles. The molecule has 0 spiro atoms. The maximum atomic E-state index is 11.8. The van der Waals surface area contributed by atoms with Crippen molar-refractivity contribution in [3.8, 4) is 0 Å². The Morgan fingerprint density at radius 1 is 1.22 bits per heavy atom. The van der Waals surface area contributed by atoms with Gasteiger partial charge in [-0.15, -0.1) is 24.0 Å². The summed E-state index contributed by atoms with van der Waals surface area (Å²) in [6.45, 7) is 12.9. The number of ether oxygens (including phenoxy) is 1. The Bertz CT molecular complexity index is 384. The third-order valence-corrected chi connectivity index (χ3v) is 3.69. The van der Waals surface area contributed by atoms with Gasteiger partial charge in [0.15, 0.2) is 5.96 Å².